The highest BCUT2D eigenvalue weighted by Gasteiger charge is 2.30. The molecule has 1 aromatic rings. The molecule has 0 aliphatic rings. The van der Waals surface area contributed by atoms with Crippen molar-refractivity contribution < 1.29 is 19.1 Å². The van der Waals surface area contributed by atoms with Gasteiger partial charge in [-0.15, -0.1) is 12.8 Å². The number of rotatable bonds is 4. The smallest absolute Gasteiger partial charge is 0.341 e. The lowest BCUT2D eigenvalue weighted by molar-refractivity contribution is 0.0510. The summed E-state index contributed by atoms with van der Waals surface area (Å²) in [6.45, 7) is -0.683. The Morgan fingerprint density at radius 1 is 0.773 bits per heavy atom. The molecule has 4 nitrogen and oxygen atoms in total. The maximum atomic E-state index is 12.0. The number of hydrogen-bond acceptors (Lipinski definition) is 4. The average molecular weight is 380 g/mol. The van der Waals surface area contributed by atoms with Crippen LogP contribution in [0.2, 0.25) is 20.1 Å². The molecular weight excluding hydrogens is 374 g/mol. The molecule has 0 bridgehead atoms. The lowest BCUT2D eigenvalue weighted by Crippen LogP contribution is -2.16. The maximum absolute atomic E-state index is 12.0. The molecule has 0 aliphatic heterocycles. The van der Waals surface area contributed by atoms with Gasteiger partial charge in [0.1, 0.15) is 0 Å². The number of benzene rings is 1. The van der Waals surface area contributed by atoms with Crippen molar-refractivity contribution >= 4 is 58.3 Å². The molecule has 1 rings (SSSR count). The van der Waals surface area contributed by atoms with E-state index in [-0.39, 0.29) is 33.3 Å². The third-order valence-corrected chi connectivity index (χ3v) is 4.05. The summed E-state index contributed by atoms with van der Waals surface area (Å²) >= 11 is 23.6. The summed E-state index contributed by atoms with van der Waals surface area (Å²) in [5.41, 5.74) is -0.809. The van der Waals surface area contributed by atoms with Crippen LogP contribution in [-0.4, -0.2) is 25.2 Å². The van der Waals surface area contributed by atoms with E-state index in [2.05, 4.69) is 11.8 Å². The van der Waals surface area contributed by atoms with Gasteiger partial charge >= 0.3 is 11.9 Å². The molecule has 0 spiro atoms. The minimum Gasteiger partial charge on any atom is -0.449 e. The van der Waals surface area contributed by atoms with E-state index in [4.69, 9.17) is 68.7 Å². The predicted octanol–water partition coefficient (Wildman–Crippen LogP) is 3.88. The number of halogens is 4. The van der Waals surface area contributed by atoms with E-state index < -0.39 is 23.1 Å². The highest BCUT2D eigenvalue weighted by molar-refractivity contribution is 6.54. The zero-order valence-electron chi connectivity index (χ0n) is 10.7. The van der Waals surface area contributed by atoms with Crippen molar-refractivity contribution in [1.82, 2.24) is 0 Å². The minimum absolute atomic E-state index is 0.213. The molecule has 1 aromatic carbocycles. The Morgan fingerprint density at radius 2 is 1.09 bits per heavy atom. The van der Waals surface area contributed by atoms with Gasteiger partial charge in [0.15, 0.2) is 13.2 Å². The highest BCUT2D eigenvalue weighted by Crippen LogP contribution is 2.42. The van der Waals surface area contributed by atoms with Crippen molar-refractivity contribution in [3.05, 3.63) is 31.2 Å². The molecule has 0 amide bonds. The molecule has 8 heteroatoms. The van der Waals surface area contributed by atoms with E-state index in [0.717, 1.165) is 0 Å². The topological polar surface area (TPSA) is 52.6 Å². The van der Waals surface area contributed by atoms with Crippen molar-refractivity contribution in [1.29, 1.82) is 0 Å². The molecule has 0 N–H and O–H groups in total. The van der Waals surface area contributed by atoms with E-state index in [1.54, 1.807) is 0 Å². The fraction of sp³-hybridized carbons (Fsp3) is 0.143. The fourth-order valence-electron chi connectivity index (χ4n) is 1.37. The van der Waals surface area contributed by atoms with Crippen LogP contribution in [0.1, 0.15) is 20.7 Å². The Labute approximate surface area is 146 Å². The number of ether oxygens (including phenoxy) is 2. The Balaban J connectivity index is 3.52. The highest BCUT2D eigenvalue weighted by atomic mass is 35.5. The Hall–Kier alpha value is -1.56. The summed E-state index contributed by atoms with van der Waals surface area (Å²) in [5.74, 6) is 2.17. The molecular formula is C14H6Cl4O4. The zero-order valence-corrected chi connectivity index (χ0v) is 13.7. The summed E-state index contributed by atoms with van der Waals surface area (Å²) in [6.07, 6.45) is 9.99. The number of hydrogen-bond donors (Lipinski definition) is 0. The molecule has 0 saturated carbocycles. The lowest BCUT2D eigenvalue weighted by atomic mass is 10.1. The number of carbonyl (C=O) groups is 2. The molecule has 0 aliphatic carbocycles. The van der Waals surface area contributed by atoms with Crippen LogP contribution in [0.3, 0.4) is 0 Å². The average Bonchev–Trinajstić information content (AvgIpc) is 2.51. The van der Waals surface area contributed by atoms with Crippen LogP contribution in [-0.2, 0) is 9.47 Å². The predicted molar refractivity (Wildman–Crippen MR) is 84.7 cm³/mol. The lowest BCUT2D eigenvalue weighted by Gasteiger charge is -2.14. The normalized spacial score (nSPS) is 9.55. The molecule has 114 valence electrons. The maximum Gasteiger partial charge on any atom is 0.341 e. The number of esters is 2. The van der Waals surface area contributed by atoms with Gasteiger partial charge in [0, 0.05) is 0 Å². The fourth-order valence-corrected chi connectivity index (χ4v) is 2.38. The van der Waals surface area contributed by atoms with Gasteiger partial charge in [-0.25, -0.2) is 9.59 Å². The molecule has 0 atom stereocenters. The minimum atomic E-state index is -1.00. The quantitative estimate of drug-likeness (QED) is 0.345. The van der Waals surface area contributed by atoms with Crippen molar-refractivity contribution in [3.8, 4) is 24.7 Å². The number of carbonyl (C=O) groups excluding carboxylic acids is 2. The van der Waals surface area contributed by atoms with Crippen LogP contribution in [0, 0.1) is 24.7 Å². The second-order valence-electron chi connectivity index (χ2n) is 3.57. The summed E-state index contributed by atoms with van der Waals surface area (Å²) in [4.78, 5) is 24.1. The molecule has 0 aromatic heterocycles. The van der Waals surface area contributed by atoms with Gasteiger partial charge < -0.3 is 9.47 Å². The van der Waals surface area contributed by atoms with E-state index in [1.807, 2.05) is 0 Å². The van der Waals surface area contributed by atoms with Crippen LogP contribution >= 0.6 is 46.4 Å². The first-order valence-corrected chi connectivity index (χ1v) is 6.95. The largest absolute Gasteiger partial charge is 0.449 e. The summed E-state index contributed by atoms with van der Waals surface area (Å²) < 4.78 is 9.47. The van der Waals surface area contributed by atoms with Crippen LogP contribution in [0.25, 0.3) is 0 Å². The Kier molecular flexibility index (Phi) is 6.87. The van der Waals surface area contributed by atoms with Crippen molar-refractivity contribution in [2.75, 3.05) is 13.2 Å². The molecule has 0 fully saturated rings. The molecule has 0 unspecified atom stereocenters. The van der Waals surface area contributed by atoms with Gasteiger partial charge in [-0.3, -0.25) is 0 Å². The third-order valence-electron chi connectivity index (χ3n) is 2.25. The van der Waals surface area contributed by atoms with E-state index in [9.17, 15) is 9.59 Å². The summed E-state index contributed by atoms with van der Waals surface area (Å²) in [6, 6.07) is 0. The van der Waals surface area contributed by atoms with E-state index >= 15 is 0 Å². The van der Waals surface area contributed by atoms with Crippen LogP contribution in [0.4, 0.5) is 0 Å². The van der Waals surface area contributed by atoms with Gasteiger partial charge in [0.05, 0.1) is 31.2 Å². The second kappa shape index (κ2) is 8.17. The van der Waals surface area contributed by atoms with Gasteiger partial charge in [0.25, 0.3) is 0 Å². The van der Waals surface area contributed by atoms with Gasteiger partial charge in [0.2, 0.25) is 0 Å². The molecule has 0 radical (unpaired) electrons. The third kappa shape index (κ3) is 3.80. The second-order valence-corrected chi connectivity index (χ2v) is 5.08. The van der Waals surface area contributed by atoms with Crippen molar-refractivity contribution in [3.63, 3.8) is 0 Å². The molecule has 22 heavy (non-hydrogen) atoms. The molecule has 0 heterocycles. The standard InChI is InChI=1S/C14H6Cl4O4/c1-3-5-21-13(19)7-8(14(20)22-6-4-2)10(16)12(18)11(17)9(7)15/h1-2H,5-6H2. The van der Waals surface area contributed by atoms with Crippen molar-refractivity contribution in [2.24, 2.45) is 0 Å². The van der Waals surface area contributed by atoms with Gasteiger partial charge in [-0.1, -0.05) is 58.2 Å². The van der Waals surface area contributed by atoms with E-state index in [1.165, 1.54) is 0 Å². The van der Waals surface area contributed by atoms with Gasteiger partial charge in [-0.05, 0) is 0 Å². The van der Waals surface area contributed by atoms with Crippen molar-refractivity contribution in [2.45, 2.75) is 0 Å². The first-order chi connectivity index (χ1) is 10.4. The first-order valence-electron chi connectivity index (χ1n) is 5.43. The molecule has 0 saturated heterocycles. The van der Waals surface area contributed by atoms with Crippen LogP contribution in [0.5, 0.6) is 0 Å². The summed E-state index contributed by atoms with van der Waals surface area (Å²) in [7, 11) is 0. The Morgan fingerprint density at radius 3 is 1.36 bits per heavy atom. The zero-order chi connectivity index (χ0) is 16.9. The van der Waals surface area contributed by atoms with Crippen LogP contribution < -0.4 is 0 Å². The van der Waals surface area contributed by atoms with Crippen LogP contribution in [0.15, 0.2) is 0 Å². The van der Waals surface area contributed by atoms with Gasteiger partial charge in [-0.2, -0.15) is 0 Å². The SMILES string of the molecule is C#CCOC(=O)c1c(Cl)c(Cl)c(Cl)c(Cl)c1C(=O)OCC#C. The monoisotopic (exact) mass is 378 g/mol. The summed E-state index contributed by atoms with van der Waals surface area (Å²) in [5, 5.41) is -1.06. The first kappa shape index (κ1) is 18.5. The van der Waals surface area contributed by atoms with E-state index in [0.29, 0.717) is 0 Å². The number of terminal acetylenes is 2. The Bertz CT molecular complexity index is 652.